The molecular formula is C5H8N2S. The maximum absolute atomic E-state index is 4.04. The lowest BCUT2D eigenvalue weighted by molar-refractivity contribution is 1.04. The van der Waals surface area contributed by atoms with Crippen LogP contribution in [0.4, 0.5) is 0 Å². The van der Waals surface area contributed by atoms with Gasteiger partial charge in [-0.1, -0.05) is 0 Å². The highest BCUT2D eigenvalue weighted by Crippen LogP contribution is 2.04. The first kappa shape index (κ1) is 5.82. The van der Waals surface area contributed by atoms with Crippen molar-refractivity contribution in [2.75, 3.05) is 12.8 Å². The molecule has 0 amide bonds. The zero-order valence-corrected chi connectivity index (χ0v) is 5.61. The Morgan fingerprint density at radius 2 is 2.62 bits per heavy atom. The molecule has 0 aromatic carbocycles. The van der Waals surface area contributed by atoms with E-state index in [2.05, 4.69) is 9.98 Å². The highest BCUT2D eigenvalue weighted by atomic mass is 32.2. The van der Waals surface area contributed by atoms with Crippen LogP contribution in [0.5, 0.6) is 0 Å². The predicted molar refractivity (Wildman–Crippen MR) is 38.9 cm³/mol. The van der Waals surface area contributed by atoms with Gasteiger partial charge in [-0.2, -0.15) is 0 Å². The number of hydrogen-bond acceptors (Lipinski definition) is 3. The maximum atomic E-state index is 4.04. The van der Waals surface area contributed by atoms with Crippen LogP contribution in [-0.4, -0.2) is 24.2 Å². The zero-order chi connectivity index (χ0) is 5.82. The van der Waals surface area contributed by atoms with Gasteiger partial charge in [0.15, 0.2) is 0 Å². The summed E-state index contributed by atoms with van der Waals surface area (Å²) in [7, 11) is 0. The Kier molecular flexibility index (Phi) is 2.09. The second kappa shape index (κ2) is 2.87. The van der Waals surface area contributed by atoms with Gasteiger partial charge in [0.25, 0.3) is 0 Å². The van der Waals surface area contributed by atoms with Gasteiger partial charge in [-0.3, -0.25) is 4.99 Å². The predicted octanol–water partition coefficient (Wildman–Crippen LogP) is 1.18. The van der Waals surface area contributed by atoms with Gasteiger partial charge < -0.3 is 0 Å². The van der Waals surface area contributed by atoms with Crippen LogP contribution < -0.4 is 0 Å². The maximum Gasteiger partial charge on any atom is 0.110 e. The fourth-order valence-electron chi connectivity index (χ4n) is 0.542. The van der Waals surface area contributed by atoms with Gasteiger partial charge in [0.1, 0.15) is 6.34 Å². The molecule has 0 aromatic rings. The van der Waals surface area contributed by atoms with Crippen LogP contribution in [-0.2, 0) is 0 Å². The molecule has 1 rings (SSSR count). The van der Waals surface area contributed by atoms with Crippen LogP contribution in [0.1, 0.15) is 6.42 Å². The van der Waals surface area contributed by atoms with Crippen LogP contribution in [0.3, 0.4) is 0 Å². The van der Waals surface area contributed by atoms with Crippen molar-refractivity contribution in [2.24, 2.45) is 9.98 Å². The summed E-state index contributed by atoms with van der Waals surface area (Å²) >= 11 is 1.70. The van der Waals surface area contributed by atoms with Crippen molar-refractivity contribution in [1.29, 1.82) is 0 Å². The van der Waals surface area contributed by atoms with Gasteiger partial charge >= 0.3 is 0 Å². The third-order valence-electron chi connectivity index (χ3n) is 0.974. The lowest BCUT2D eigenvalue weighted by Gasteiger charge is -2.00. The lowest BCUT2D eigenvalue weighted by atomic mass is 10.4. The topological polar surface area (TPSA) is 24.7 Å². The molecule has 0 radical (unpaired) electrons. The van der Waals surface area contributed by atoms with Gasteiger partial charge in [-0.15, -0.1) is 11.8 Å². The molecule has 0 spiro atoms. The Hall–Kier alpha value is -0.310. The summed E-state index contributed by atoms with van der Waals surface area (Å²) in [6.45, 7) is 0.916. The minimum absolute atomic E-state index is 0.916. The third kappa shape index (κ3) is 1.33. The molecule has 0 N–H and O–H groups in total. The molecule has 0 aliphatic carbocycles. The molecule has 3 heteroatoms. The first-order valence-electron chi connectivity index (χ1n) is 2.52. The Morgan fingerprint density at radius 3 is 3.00 bits per heavy atom. The average Bonchev–Trinajstić information content (AvgIpc) is 1.90. The number of hydrogen-bond donors (Lipinski definition) is 0. The monoisotopic (exact) mass is 128 g/mol. The van der Waals surface area contributed by atoms with Crippen molar-refractivity contribution < 1.29 is 0 Å². The van der Waals surface area contributed by atoms with Crippen molar-refractivity contribution in [3.63, 3.8) is 0 Å². The van der Waals surface area contributed by atoms with Crippen molar-refractivity contribution >= 4 is 23.1 Å². The first-order chi connectivity index (χ1) is 3.93. The zero-order valence-electron chi connectivity index (χ0n) is 4.79. The van der Waals surface area contributed by atoms with E-state index in [9.17, 15) is 0 Å². The summed E-state index contributed by atoms with van der Waals surface area (Å²) in [5.41, 5.74) is 0. The average molecular weight is 128 g/mol. The summed E-state index contributed by atoms with van der Waals surface area (Å²) in [6.07, 6.45) is 4.70. The first-order valence-corrected chi connectivity index (χ1v) is 3.75. The van der Waals surface area contributed by atoms with Crippen LogP contribution in [0.25, 0.3) is 0 Å². The molecule has 8 heavy (non-hydrogen) atoms. The molecule has 0 atom stereocenters. The Morgan fingerprint density at radius 1 is 1.75 bits per heavy atom. The van der Waals surface area contributed by atoms with E-state index in [0.717, 1.165) is 13.0 Å². The molecule has 0 unspecified atom stereocenters. The van der Waals surface area contributed by atoms with E-state index >= 15 is 0 Å². The van der Waals surface area contributed by atoms with E-state index in [0.29, 0.717) is 0 Å². The standard InChI is InChI=1S/C5H8N2S/c1-8-5-2-3-6-4-7-5/h4H,2-3H2,1H3. The van der Waals surface area contributed by atoms with Crippen LogP contribution in [0.2, 0.25) is 0 Å². The minimum Gasteiger partial charge on any atom is -0.273 e. The highest BCUT2D eigenvalue weighted by molar-refractivity contribution is 8.13. The number of aliphatic imine (C=N–C) groups is 2. The summed E-state index contributed by atoms with van der Waals surface area (Å²) in [5.74, 6) is 0. The van der Waals surface area contributed by atoms with Gasteiger partial charge in [-0.25, -0.2) is 4.99 Å². The summed E-state index contributed by atoms with van der Waals surface area (Å²) in [6, 6.07) is 0. The molecule has 44 valence electrons. The summed E-state index contributed by atoms with van der Waals surface area (Å²) in [5, 5.41) is 1.19. The van der Waals surface area contributed by atoms with E-state index in [1.165, 1.54) is 5.04 Å². The normalized spacial score (nSPS) is 18.4. The van der Waals surface area contributed by atoms with Crippen LogP contribution in [0, 0.1) is 0 Å². The number of nitrogens with zero attached hydrogens (tertiary/aromatic N) is 2. The SMILES string of the molecule is CSC1=NC=NCC1. The Balaban J connectivity index is 2.50. The van der Waals surface area contributed by atoms with Crippen molar-refractivity contribution in [2.45, 2.75) is 6.42 Å². The van der Waals surface area contributed by atoms with E-state index in [-0.39, 0.29) is 0 Å². The highest BCUT2D eigenvalue weighted by Gasteiger charge is 1.97. The van der Waals surface area contributed by atoms with E-state index in [1.54, 1.807) is 18.1 Å². The molecule has 1 aliphatic rings. The van der Waals surface area contributed by atoms with Gasteiger partial charge in [0.2, 0.25) is 0 Å². The molecular weight excluding hydrogens is 120 g/mol. The quantitative estimate of drug-likeness (QED) is 0.481. The second-order valence-electron chi connectivity index (χ2n) is 1.50. The molecule has 0 saturated carbocycles. The Bertz CT molecular complexity index is 128. The largest absolute Gasteiger partial charge is 0.273 e. The van der Waals surface area contributed by atoms with Crippen molar-refractivity contribution in [1.82, 2.24) is 0 Å². The fourth-order valence-corrected chi connectivity index (χ4v) is 0.990. The van der Waals surface area contributed by atoms with E-state index < -0.39 is 0 Å². The number of thioether (sulfide) groups is 1. The Labute approximate surface area is 53.1 Å². The van der Waals surface area contributed by atoms with E-state index in [4.69, 9.17) is 0 Å². The second-order valence-corrected chi connectivity index (χ2v) is 2.38. The van der Waals surface area contributed by atoms with Gasteiger partial charge in [0, 0.05) is 13.0 Å². The molecule has 0 fully saturated rings. The van der Waals surface area contributed by atoms with Gasteiger partial charge in [-0.05, 0) is 6.26 Å². The summed E-state index contributed by atoms with van der Waals surface area (Å²) in [4.78, 5) is 7.99. The molecule has 2 nitrogen and oxygen atoms in total. The van der Waals surface area contributed by atoms with E-state index in [1.807, 2.05) is 6.26 Å². The molecule has 1 heterocycles. The molecule has 1 aliphatic heterocycles. The molecule has 0 aromatic heterocycles. The number of rotatable bonds is 0. The van der Waals surface area contributed by atoms with Crippen molar-refractivity contribution in [3.8, 4) is 0 Å². The minimum atomic E-state index is 0.916. The molecule has 0 saturated heterocycles. The van der Waals surface area contributed by atoms with Gasteiger partial charge in [0.05, 0.1) is 5.04 Å². The van der Waals surface area contributed by atoms with Crippen LogP contribution in [0.15, 0.2) is 9.98 Å². The lowest BCUT2D eigenvalue weighted by Crippen LogP contribution is -1.99. The molecule has 0 bridgehead atoms. The third-order valence-corrected chi connectivity index (χ3v) is 1.75. The fraction of sp³-hybridized carbons (Fsp3) is 0.600. The summed E-state index contributed by atoms with van der Waals surface area (Å²) < 4.78 is 0. The smallest absolute Gasteiger partial charge is 0.110 e. The van der Waals surface area contributed by atoms with Crippen molar-refractivity contribution in [3.05, 3.63) is 0 Å². The van der Waals surface area contributed by atoms with Crippen LogP contribution >= 0.6 is 11.8 Å².